The first-order valence-corrected chi connectivity index (χ1v) is 10.7. The number of rotatable bonds is 5. The fourth-order valence-electron chi connectivity index (χ4n) is 3.72. The summed E-state index contributed by atoms with van der Waals surface area (Å²) in [5, 5.41) is 4.08. The number of anilines is 1. The minimum absolute atomic E-state index is 0.0726. The van der Waals surface area contributed by atoms with Crippen LogP contribution in [0.3, 0.4) is 0 Å². The second-order valence-corrected chi connectivity index (χ2v) is 8.55. The number of carbonyl (C=O) groups is 1. The summed E-state index contributed by atoms with van der Waals surface area (Å²) in [6.45, 7) is 0.626. The van der Waals surface area contributed by atoms with Gasteiger partial charge >= 0.3 is 10.2 Å². The highest BCUT2D eigenvalue weighted by Crippen LogP contribution is 2.38. The molecule has 0 spiro atoms. The Labute approximate surface area is 171 Å². The SMILES string of the molecule is CNS(=O)(=O)NC(=O)c1cnn2ccc(N3CCC[C@@H]3c3cc(F)ccc3F)cc12. The van der Waals surface area contributed by atoms with E-state index in [-0.39, 0.29) is 17.2 Å². The van der Waals surface area contributed by atoms with E-state index in [0.29, 0.717) is 24.2 Å². The Hall–Kier alpha value is -3.05. The third kappa shape index (κ3) is 3.73. The lowest BCUT2D eigenvalue weighted by molar-refractivity contribution is 0.0982. The number of benzene rings is 1. The van der Waals surface area contributed by atoms with Crippen molar-refractivity contribution in [1.82, 2.24) is 19.1 Å². The fraction of sp³-hybridized carbons (Fsp3) is 0.263. The Kier molecular flexibility index (Phi) is 5.16. The van der Waals surface area contributed by atoms with Gasteiger partial charge in [-0.05, 0) is 43.2 Å². The van der Waals surface area contributed by atoms with E-state index in [1.807, 2.05) is 14.3 Å². The van der Waals surface area contributed by atoms with Gasteiger partial charge in [0, 0.05) is 31.0 Å². The molecule has 1 atom stereocenters. The monoisotopic (exact) mass is 435 g/mol. The van der Waals surface area contributed by atoms with Crippen LogP contribution in [0.4, 0.5) is 14.5 Å². The third-order valence-electron chi connectivity index (χ3n) is 5.15. The Morgan fingerprint density at radius 2 is 2.03 bits per heavy atom. The number of carbonyl (C=O) groups excluding carboxylic acids is 1. The summed E-state index contributed by atoms with van der Waals surface area (Å²) >= 11 is 0. The smallest absolute Gasteiger partial charge is 0.301 e. The molecule has 1 saturated heterocycles. The molecule has 0 aliphatic carbocycles. The molecular formula is C19H19F2N5O3S. The Morgan fingerprint density at radius 3 is 2.80 bits per heavy atom. The van der Waals surface area contributed by atoms with Crippen LogP contribution in [0.15, 0.2) is 42.7 Å². The zero-order chi connectivity index (χ0) is 21.5. The maximum absolute atomic E-state index is 14.4. The van der Waals surface area contributed by atoms with Gasteiger partial charge in [0.05, 0.1) is 23.3 Å². The predicted molar refractivity (Wildman–Crippen MR) is 106 cm³/mol. The van der Waals surface area contributed by atoms with Gasteiger partial charge in [-0.15, -0.1) is 0 Å². The lowest BCUT2D eigenvalue weighted by Gasteiger charge is -2.27. The van der Waals surface area contributed by atoms with Gasteiger partial charge in [0.1, 0.15) is 11.6 Å². The second-order valence-electron chi connectivity index (χ2n) is 6.93. The molecule has 0 unspecified atom stereocenters. The predicted octanol–water partition coefficient (Wildman–Crippen LogP) is 2.15. The van der Waals surface area contributed by atoms with Crippen LogP contribution in [0.5, 0.6) is 0 Å². The van der Waals surface area contributed by atoms with Crippen LogP contribution in [0.1, 0.15) is 34.8 Å². The topological polar surface area (TPSA) is 95.8 Å². The lowest BCUT2D eigenvalue weighted by atomic mass is 10.0. The molecule has 11 heteroatoms. The van der Waals surface area contributed by atoms with Crippen molar-refractivity contribution in [3.8, 4) is 0 Å². The van der Waals surface area contributed by atoms with E-state index in [1.54, 1.807) is 18.3 Å². The first kappa shape index (κ1) is 20.2. The van der Waals surface area contributed by atoms with Gasteiger partial charge < -0.3 is 4.90 Å². The van der Waals surface area contributed by atoms with Crippen molar-refractivity contribution in [3.63, 3.8) is 0 Å². The first-order chi connectivity index (χ1) is 14.3. The van der Waals surface area contributed by atoms with Crippen LogP contribution in [0.25, 0.3) is 5.52 Å². The van der Waals surface area contributed by atoms with Crippen LogP contribution in [-0.2, 0) is 10.2 Å². The quantitative estimate of drug-likeness (QED) is 0.640. The number of nitrogens with one attached hydrogen (secondary N) is 2. The molecule has 1 fully saturated rings. The summed E-state index contributed by atoms with van der Waals surface area (Å²) in [5.41, 5.74) is 1.43. The number of nitrogens with zero attached hydrogens (tertiary/aromatic N) is 3. The summed E-state index contributed by atoms with van der Waals surface area (Å²) in [7, 11) is -2.78. The molecule has 30 heavy (non-hydrogen) atoms. The summed E-state index contributed by atoms with van der Waals surface area (Å²) < 4.78 is 56.7. The Morgan fingerprint density at radius 1 is 1.23 bits per heavy atom. The number of hydrogen-bond acceptors (Lipinski definition) is 5. The Bertz CT molecular complexity index is 1230. The van der Waals surface area contributed by atoms with Crippen LogP contribution < -0.4 is 14.3 Å². The highest BCUT2D eigenvalue weighted by Gasteiger charge is 2.29. The molecule has 8 nitrogen and oxygen atoms in total. The van der Waals surface area contributed by atoms with Crippen molar-refractivity contribution in [1.29, 1.82) is 0 Å². The molecule has 0 saturated carbocycles. The van der Waals surface area contributed by atoms with Gasteiger partial charge in [-0.2, -0.15) is 13.5 Å². The molecule has 4 rings (SSSR count). The number of aromatic nitrogens is 2. The average molecular weight is 435 g/mol. The summed E-state index contributed by atoms with van der Waals surface area (Å²) in [4.78, 5) is 14.3. The maximum Gasteiger partial charge on any atom is 0.301 e. The number of halogens is 2. The van der Waals surface area contributed by atoms with Gasteiger partial charge in [0.25, 0.3) is 5.91 Å². The molecule has 3 aromatic rings. The molecule has 1 aliphatic heterocycles. The van der Waals surface area contributed by atoms with E-state index < -0.39 is 27.8 Å². The third-order valence-corrected chi connectivity index (χ3v) is 6.14. The molecule has 1 aliphatic rings. The van der Waals surface area contributed by atoms with Crippen molar-refractivity contribution in [2.24, 2.45) is 0 Å². The minimum atomic E-state index is -3.97. The summed E-state index contributed by atoms with van der Waals surface area (Å²) in [6, 6.07) is 6.50. The van der Waals surface area contributed by atoms with Crippen LogP contribution >= 0.6 is 0 Å². The van der Waals surface area contributed by atoms with Gasteiger partial charge in [-0.1, -0.05) is 0 Å². The molecule has 0 bridgehead atoms. The number of amides is 1. The van der Waals surface area contributed by atoms with Crippen LogP contribution in [0, 0.1) is 11.6 Å². The maximum atomic E-state index is 14.4. The largest absolute Gasteiger partial charge is 0.364 e. The zero-order valence-electron chi connectivity index (χ0n) is 16.0. The lowest BCUT2D eigenvalue weighted by Crippen LogP contribution is -2.38. The molecule has 2 aromatic heterocycles. The number of hydrogen-bond donors (Lipinski definition) is 2. The molecule has 0 radical (unpaired) electrons. The molecule has 1 aromatic carbocycles. The van der Waals surface area contributed by atoms with Gasteiger partial charge in [0.2, 0.25) is 0 Å². The van der Waals surface area contributed by atoms with Crippen LogP contribution in [0.2, 0.25) is 0 Å². The molecule has 2 N–H and O–H groups in total. The normalized spacial score (nSPS) is 16.9. The molecule has 158 valence electrons. The number of pyridine rings is 1. The first-order valence-electron chi connectivity index (χ1n) is 9.23. The minimum Gasteiger partial charge on any atom is -0.364 e. The van der Waals surface area contributed by atoms with E-state index in [2.05, 4.69) is 5.10 Å². The van der Waals surface area contributed by atoms with Gasteiger partial charge in [0.15, 0.2) is 0 Å². The van der Waals surface area contributed by atoms with Crippen molar-refractivity contribution >= 4 is 27.3 Å². The number of fused-ring (bicyclic) bond motifs is 1. The Balaban J connectivity index is 1.71. The van der Waals surface area contributed by atoms with Crippen molar-refractivity contribution in [3.05, 3.63) is 65.5 Å². The van der Waals surface area contributed by atoms with Crippen LogP contribution in [-0.4, -0.2) is 37.5 Å². The van der Waals surface area contributed by atoms with E-state index in [1.165, 1.54) is 23.8 Å². The zero-order valence-corrected chi connectivity index (χ0v) is 16.8. The molecule has 3 heterocycles. The molecular weight excluding hydrogens is 416 g/mol. The average Bonchev–Trinajstić information content (AvgIpc) is 3.36. The van der Waals surface area contributed by atoms with Crippen molar-refractivity contribution in [2.45, 2.75) is 18.9 Å². The summed E-state index contributed by atoms with van der Waals surface area (Å²) in [5.74, 6) is -1.81. The highest BCUT2D eigenvalue weighted by molar-refractivity contribution is 7.88. The van der Waals surface area contributed by atoms with Gasteiger partial charge in [-0.3, -0.25) is 4.79 Å². The van der Waals surface area contributed by atoms with E-state index in [9.17, 15) is 22.0 Å². The second kappa shape index (κ2) is 7.65. The van der Waals surface area contributed by atoms with E-state index in [4.69, 9.17) is 0 Å². The summed E-state index contributed by atoms with van der Waals surface area (Å²) in [6.07, 6.45) is 4.34. The van der Waals surface area contributed by atoms with E-state index >= 15 is 0 Å². The highest BCUT2D eigenvalue weighted by atomic mass is 32.2. The standard InChI is InChI=1S/C19H19F2N5O3S/c1-22-30(28,29)24-19(27)15-11-23-26-8-6-13(10-18(15)26)25-7-2-3-17(25)14-9-12(20)4-5-16(14)21/h4-6,8-11,17,22H,2-3,7H2,1H3,(H,24,27)/t17-/m1/s1. The van der Waals surface area contributed by atoms with E-state index in [0.717, 1.165) is 18.6 Å². The van der Waals surface area contributed by atoms with Gasteiger partial charge in [-0.25, -0.2) is 22.7 Å². The molecule has 1 amide bonds. The van der Waals surface area contributed by atoms with Crippen molar-refractivity contribution in [2.75, 3.05) is 18.5 Å². The fourth-order valence-corrected chi connectivity index (χ4v) is 4.18. The van der Waals surface area contributed by atoms with Crippen molar-refractivity contribution < 1.29 is 22.0 Å².